The molecular weight excluding hydrogens is 417 g/mol. The Labute approximate surface area is 160 Å². The number of nitrogens with zero attached hydrogens (tertiary/aromatic N) is 3. The standard InChI is InChI=1S/C17H25N5O.HI/c1-4-18-17(19-8-9-22-13-14(2)11-21-22)20-12-15-6-5-7-16(10-15)23-3;/h5-7,10-11,13H,4,8-9,12H2,1-3H3,(H2,18,19,20);1H. The zero-order valence-corrected chi connectivity index (χ0v) is 16.8. The van der Waals surface area contributed by atoms with Gasteiger partial charge in [-0.05, 0) is 37.1 Å². The number of guanidine groups is 1. The average Bonchev–Trinajstić information content (AvgIpc) is 2.98. The molecule has 7 heteroatoms. The van der Waals surface area contributed by atoms with Crippen LogP contribution in [0.25, 0.3) is 0 Å². The van der Waals surface area contributed by atoms with Crippen LogP contribution < -0.4 is 15.4 Å². The van der Waals surface area contributed by atoms with Crippen molar-refractivity contribution >= 4 is 29.9 Å². The molecule has 0 fully saturated rings. The predicted octanol–water partition coefficient (Wildman–Crippen LogP) is 2.57. The van der Waals surface area contributed by atoms with Crippen molar-refractivity contribution in [3.05, 3.63) is 47.8 Å². The Kier molecular flexibility index (Phi) is 9.21. The van der Waals surface area contributed by atoms with E-state index in [9.17, 15) is 0 Å². The van der Waals surface area contributed by atoms with E-state index in [1.54, 1.807) is 7.11 Å². The molecule has 0 aliphatic carbocycles. The second-order valence-electron chi connectivity index (χ2n) is 5.25. The van der Waals surface area contributed by atoms with Gasteiger partial charge in [0.2, 0.25) is 0 Å². The van der Waals surface area contributed by atoms with Crippen LogP contribution in [0.2, 0.25) is 0 Å². The third-order valence-electron chi connectivity index (χ3n) is 3.29. The molecule has 1 aromatic carbocycles. The summed E-state index contributed by atoms with van der Waals surface area (Å²) < 4.78 is 7.16. The summed E-state index contributed by atoms with van der Waals surface area (Å²) in [7, 11) is 1.67. The Bertz CT molecular complexity index is 641. The number of aryl methyl sites for hydroxylation is 1. The van der Waals surface area contributed by atoms with Crippen molar-refractivity contribution < 1.29 is 4.74 Å². The monoisotopic (exact) mass is 443 g/mol. The third-order valence-corrected chi connectivity index (χ3v) is 3.29. The largest absolute Gasteiger partial charge is 0.497 e. The summed E-state index contributed by atoms with van der Waals surface area (Å²) in [6, 6.07) is 7.95. The fourth-order valence-electron chi connectivity index (χ4n) is 2.16. The number of rotatable bonds is 7. The normalized spacial score (nSPS) is 10.9. The first-order valence-electron chi connectivity index (χ1n) is 7.85. The van der Waals surface area contributed by atoms with Gasteiger partial charge in [-0.2, -0.15) is 5.10 Å². The molecule has 0 aliphatic rings. The Balaban J connectivity index is 0.00000288. The molecule has 132 valence electrons. The summed E-state index contributed by atoms with van der Waals surface area (Å²) in [5, 5.41) is 10.8. The maximum Gasteiger partial charge on any atom is 0.191 e. The van der Waals surface area contributed by atoms with Gasteiger partial charge in [0, 0.05) is 19.3 Å². The van der Waals surface area contributed by atoms with Gasteiger partial charge in [-0.15, -0.1) is 24.0 Å². The fraction of sp³-hybridized carbons (Fsp3) is 0.412. The number of halogens is 1. The minimum Gasteiger partial charge on any atom is -0.497 e. The number of aromatic nitrogens is 2. The van der Waals surface area contributed by atoms with Gasteiger partial charge in [-0.1, -0.05) is 12.1 Å². The first kappa shape index (κ1) is 20.3. The lowest BCUT2D eigenvalue weighted by molar-refractivity contribution is 0.414. The lowest BCUT2D eigenvalue weighted by atomic mass is 10.2. The lowest BCUT2D eigenvalue weighted by Gasteiger charge is -2.11. The summed E-state index contributed by atoms with van der Waals surface area (Å²) in [6.45, 7) is 7.09. The molecule has 1 heterocycles. The van der Waals surface area contributed by atoms with Gasteiger partial charge in [0.05, 0.1) is 26.4 Å². The van der Waals surface area contributed by atoms with Crippen LogP contribution in [-0.4, -0.2) is 35.9 Å². The molecule has 24 heavy (non-hydrogen) atoms. The van der Waals surface area contributed by atoms with Gasteiger partial charge in [0.1, 0.15) is 5.75 Å². The highest BCUT2D eigenvalue weighted by Gasteiger charge is 2.00. The predicted molar refractivity (Wildman–Crippen MR) is 108 cm³/mol. The molecule has 0 unspecified atom stereocenters. The first-order chi connectivity index (χ1) is 11.2. The van der Waals surface area contributed by atoms with Crippen LogP contribution in [-0.2, 0) is 13.1 Å². The van der Waals surface area contributed by atoms with Crippen LogP contribution in [0.3, 0.4) is 0 Å². The van der Waals surface area contributed by atoms with Crippen molar-refractivity contribution in [1.29, 1.82) is 0 Å². The minimum absolute atomic E-state index is 0. The molecule has 0 saturated heterocycles. The maximum absolute atomic E-state index is 5.24. The summed E-state index contributed by atoms with van der Waals surface area (Å²) in [4.78, 5) is 4.60. The zero-order valence-electron chi connectivity index (χ0n) is 14.5. The van der Waals surface area contributed by atoms with E-state index in [0.717, 1.165) is 36.9 Å². The van der Waals surface area contributed by atoms with Crippen LogP contribution in [0.4, 0.5) is 0 Å². The molecule has 0 aliphatic heterocycles. The molecule has 0 atom stereocenters. The van der Waals surface area contributed by atoms with E-state index in [0.29, 0.717) is 6.54 Å². The van der Waals surface area contributed by atoms with E-state index in [-0.39, 0.29) is 24.0 Å². The third kappa shape index (κ3) is 6.77. The van der Waals surface area contributed by atoms with Gasteiger partial charge in [0.15, 0.2) is 5.96 Å². The molecule has 6 nitrogen and oxygen atoms in total. The van der Waals surface area contributed by atoms with E-state index < -0.39 is 0 Å². The summed E-state index contributed by atoms with van der Waals surface area (Å²) in [5.41, 5.74) is 2.29. The van der Waals surface area contributed by atoms with E-state index in [2.05, 4.69) is 27.6 Å². The van der Waals surface area contributed by atoms with Gasteiger partial charge in [-0.3, -0.25) is 4.68 Å². The minimum atomic E-state index is 0. The van der Waals surface area contributed by atoms with Crippen LogP contribution in [0, 0.1) is 6.92 Å². The topological polar surface area (TPSA) is 63.5 Å². The number of hydrogen-bond acceptors (Lipinski definition) is 3. The van der Waals surface area contributed by atoms with Gasteiger partial charge in [-0.25, -0.2) is 4.99 Å². The highest BCUT2D eigenvalue weighted by atomic mass is 127. The Morgan fingerprint density at radius 2 is 2.17 bits per heavy atom. The van der Waals surface area contributed by atoms with Crippen molar-refractivity contribution in [3.8, 4) is 5.75 Å². The summed E-state index contributed by atoms with van der Waals surface area (Å²) in [5.74, 6) is 1.66. The Morgan fingerprint density at radius 3 is 2.83 bits per heavy atom. The second-order valence-corrected chi connectivity index (χ2v) is 5.25. The van der Waals surface area contributed by atoms with E-state index in [1.165, 1.54) is 5.56 Å². The summed E-state index contributed by atoms with van der Waals surface area (Å²) >= 11 is 0. The van der Waals surface area contributed by atoms with E-state index in [1.807, 2.05) is 48.3 Å². The van der Waals surface area contributed by atoms with Crippen LogP contribution >= 0.6 is 24.0 Å². The average molecular weight is 443 g/mol. The van der Waals surface area contributed by atoms with Crippen molar-refractivity contribution in [2.24, 2.45) is 4.99 Å². The van der Waals surface area contributed by atoms with Crippen molar-refractivity contribution in [1.82, 2.24) is 20.4 Å². The van der Waals surface area contributed by atoms with Gasteiger partial charge in [0.25, 0.3) is 0 Å². The molecule has 0 spiro atoms. The molecule has 0 radical (unpaired) electrons. The van der Waals surface area contributed by atoms with Gasteiger partial charge < -0.3 is 15.4 Å². The van der Waals surface area contributed by atoms with Crippen LogP contribution in [0.1, 0.15) is 18.1 Å². The number of aliphatic imine (C=N–C) groups is 1. The summed E-state index contributed by atoms with van der Waals surface area (Å²) in [6.07, 6.45) is 3.89. The molecule has 2 aromatic rings. The molecule has 0 saturated carbocycles. The smallest absolute Gasteiger partial charge is 0.191 e. The molecule has 2 rings (SSSR count). The fourth-order valence-corrected chi connectivity index (χ4v) is 2.16. The molecule has 2 N–H and O–H groups in total. The number of benzene rings is 1. The van der Waals surface area contributed by atoms with Crippen molar-refractivity contribution in [2.45, 2.75) is 26.9 Å². The van der Waals surface area contributed by atoms with Crippen LogP contribution in [0.15, 0.2) is 41.7 Å². The van der Waals surface area contributed by atoms with Crippen LogP contribution in [0.5, 0.6) is 5.75 Å². The Hall–Kier alpha value is -1.77. The number of hydrogen-bond donors (Lipinski definition) is 2. The quantitative estimate of drug-likeness (QED) is 0.393. The van der Waals surface area contributed by atoms with E-state index >= 15 is 0 Å². The van der Waals surface area contributed by atoms with Crippen molar-refractivity contribution in [3.63, 3.8) is 0 Å². The zero-order chi connectivity index (χ0) is 16.5. The molecule has 0 amide bonds. The lowest BCUT2D eigenvalue weighted by Crippen LogP contribution is -2.38. The number of ether oxygens (including phenoxy) is 1. The number of nitrogens with one attached hydrogen (secondary N) is 2. The number of methoxy groups -OCH3 is 1. The molecule has 0 bridgehead atoms. The van der Waals surface area contributed by atoms with Crippen molar-refractivity contribution in [2.75, 3.05) is 20.2 Å². The highest BCUT2D eigenvalue weighted by molar-refractivity contribution is 14.0. The molecule has 1 aromatic heterocycles. The van der Waals surface area contributed by atoms with Gasteiger partial charge >= 0.3 is 0 Å². The van der Waals surface area contributed by atoms with E-state index in [4.69, 9.17) is 4.74 Å². The Morgan fingerprint density at radius 1 is 1.33 bits per heavy atom. The molecular formula is C17H26IN5O. The highest BCUT2D eigenvalue weighted by Crippen LogP contribution is 2.13. The maximum atomic E-state index is 5.24. The second kappa shape index (κ2) is 10.9. The SMILES string of the molecule is CCNC(=NCc1cccc(OC)c1)NCCn1cc(C)cn1.I. The first-order valence-corrected chi connectivity index (χ1v) is 7.85.